The number of ether oxygens (including phenoxy) is 1. The quantitative estimate of drug-likeness (QED) is 0.434. The first-order valence-corrected chi connectivity index (χ1v) is 10.9. The molecule has 0 bridgehead atoms. The third-order valence-electron chi connectivity index (χ3n) is 5.49. The summed E-state index contributed by atoms with van der Waals surface area (Å²) in [5.74, 6) is -1.50. The number of aryl methyl sites for hydroxylation is 2. The van der Waals surface area contributed by atoms with E-state index in [1.165, 1.54) is 11.3 Å². The molecule has 0 saturated carbocycles. The first kappa shape index (κ1) is 21.0. The van der Waals surface area contributed by atoms with Crippen LogP contribution >= 0.6 is 11.3 Å². The van der Waals surface area contributed by atoms with Gasteiger partial charge in [0.1, 0.15) is 0 Å². The molecule has 0 unspecified atom stereocenters. The fourth-order valence-corrected chi connectivity index (χ4v) is 4.59. The number of Topliss-reactive ketones (excluding diaryl/α,β-unsaturated/α-hetero) is 1. The Kier molecular flexibility index (Phi) is 5.73. The minimum atomic E-state index is -0.579. The Balaban J connectivity index is 1.39. The van der Waals surface area contributed by atoms with Crippen LogP contribution < -0.4 is 4.90 Å². The summed E-state index contributed by atoms with van der Waals surface area (Å²) < 4.78 is 7.21. The Bertz CT molecular complexity index is 1130. The molecule has 0 aliphatic carbocycles. The van der Waals surface area contributed by atoms with Crippen molar-refractivity contribution in [2.24, 2.45) is 5.92 Å². The molecule has 8 heteroatoms. The molecule has 160 valence electrons. The van der Waals surface area contributed by atoms with E-state index in [0.29, 0.717) is 5.56 Å². The van der Waals surface area contributed by atoms with E-state index in [9.17, 15) is 14.4 Å². The van der Waals surface area contributed by atoms with Gasteiger partial charge in [0.25, 0.3) is 0 Å². The molecule has 1 aromatic carbocycles. The van der Waals surface area contributed by atoms with Gasteiger partial charge in [0.2, 0.25) is 11.7 Å². The predicted molar refractivity (Wildman–Crippen MR) is 118 cm³/mol. The number of hydrogen-bond acceptors (Lipinski definition) is 6. The number of amides is 1. The zero-order chi connectivity index (χ0) is 22.1. The number of nitrogens with zero attached hydrogens (tertiary/aromatic N) is 3. The largest absolute Gasteiger partial charge is 0.457 e. The highest BCUT2D eigenvalue weighted by Crippen LogP contribution is 2.27. The SMILES string of the molecule is Cc1ccc(N2C[C@@H](C(=O)OCC(=O)c3cc(C)n(-c4nccs4)c3C)CC2=O)cc1. The number of benzene rings is 1. The number of thiazole rings is 1. The van der Waals surface area contributed by atoms with Crippen molar-refractivity contribution in [3.05, 3.63) is 64.4 Å². The number of ketones is 1. The Morgan fingerprint density at radius 1 is 1.19 bits per heavy atom. The van der Waals surface area contributed by atoms with Gasteiger partial charge in [-0.3, -0.25) is 19.0 Å². The number of carbonyl (C=O) groups excluding carboxylic acids is 3. The van der Waals surface area contributed by atoms with E-state index < -0.39 is 11.9 Å². The van der Waals surface area contributed by atoms with Gasteiger partial charge in [-0.2, -0.15) is 0 Å². The fraction of sp³-hybridized carbons (Fsp3) is 0.304. The van der Waals surface area contributed by atoms with Crippen molar-refractivity contribution in [2.75, 3.05) is 18.1 Å². The molecule has 3 aromatic rings. The van der Waals surface area contributed by atoms with Gasteiger partial charge in [0.15, 0.2) is 11.7 Å². The van der Waals surface area contributed by atoms with Crippen LogP contribution in [0.3, 0.4) is 0 Å². The van der Waals surface area contributed by atoms with Crippen LogP contribution in [0.1, 0.15) is 33.7 Å². The Hall–Kier alpha value is -3.26. The van der Waals surface area contributed by atoms with E-state index in [1.54, 1.807) is 17.2 Å². The van der Waals surface area contributed by atoms with Crippen molar-refractivity contribution >= 4 is 34.7 Å². The first-order chi connectivity index (χ1) is 14.8. The van der Waals surface area contributed by atoms with Crippen LogP contribution in [-0.2, 0) is 14.3 Å². The van der Waals surface area contributed by atoms with Crippen molar-refractivity contribution in [2.45, 2.75) is 27.2 Å². The second-order valence-electron chi connectivity index (χ2n) is 7.71. The van der Waals surface area contributed by atoms with E-state index in [-0.39, 0.29) is 31.3 Å². The third kappa shape index (κ3) is 4.16. The molecule has 1 amide bonds. The summed E-state index contributed by atoms with van der Waals surface area (Å²) in [6.45, 7) is 5.63. The lowest BCUT2D eigenvalue weighted by Gasteiger charge is -2.16. The monoisotopic (exact) mass is 437 g/mol. The van der Waals surface area contributed by atoms with E-state index in [0.717, 1.165) is 27.8 Å². The molecule has 1 fully saturated rings. The van der Waals surface area contributed by atoms with Crippen molar-refractivity contribution < 1.29 is 19.1 Å². The number of esters is 1. The molecular formula is C23H23N3O4S. The van der Waals surface area contributed by atoms with Crippen molar-refractivity contribution in [3.8, 4) is 5.13 Å². The number of anilines is 1. The summed E-state index contributed by atoms with van der Waals surface area (Å²) in [6, 6.07) is 9.36. The number of hydrogen-bond donors (Lipinski definition) is 0. The molecule has 3 heterocycles. The summed E-state index contributed by atoms with van der Waals surface area (Å²) >= 11 is 1.48. The van der Waals surface area contributed by atoms with Crippen LogP contribution in [0.5, 0.6) is 0 Å². The molecule has 7 nitrogen and oxygen atoms in total. The minimum absolute atomic E-state index is 0.0828. The summed E-state index contributed by atoms with van der Waals surface area (Å²) in [5.41, 5.74) is 4.01. The second kappa shape index (κ2) is 8.47. The van der Waals surface area contributed by atoms with Crippen LogP contribution in [0.15, 0.2) is 41.9 Å². The zero-order valence-electron chi connectivity index (χ0n) is 17.6. The van der Waals surface area contributed by atoms with Crippen LogP contribution in [0.4, 0.5) is 5.69 Å². The molecule has 1 saturated heterocycles. The van der Waals surface area contributed by atoms with Gasteiger partial charge in [-0.25, -0.2) is 4.98 Å². The van der Waals surface area contributed by atoms with Crippen LogP contribution in [-0.4, -0.2) is 40.4 Å². The Morgan fingerprint density at radius 3 is 2.61 bits per heavy atom. The highest BCUT2D eigenvalue weighted by Gasteiger charge is 2.36. The van der Waals surface area contributed by atoms with E-state index in [4.69, 9.17) is 4.74 Å². The summed E-state index contributed by atoms with van der Waals surface area (Å²) in [7, 11) is 0. The van der Waals surface area contributed by atoms with Gasteiger partial charge in [-0.05, 0) is 39.0 Å². The lowest BCUT2D eigenvalue weighted by Crippen LogP contribution is -2.27. The standard InChI is InChI=1S/C23H23N3O4S/c1-14-4-6-18(7-5-14)25-12-17(11-21(25)28)22(29)30-13-20(27)19-10-15(2)26(16(19)3)23-24-8-9-31-23/h4-10,17H,11-13H2,1-3H3/t17-/m0/s1. The smallest absolute Gasteiger partial charge is 0.311 e. The van der Waals surface area contributed by atoms with E-state index in [1.807, 2.05) is 55.0 Å². The highest BCUT2D eigenvalue weighted by molar-refractivity contribution is 7.12. The molecule has 1 atom stereocenters. The van der Waals surface area contributed by atoms with Gasteiger partial charge in [0.05, 0.1) is 5.92 Å². The van der Waals surface area contributed by atoms with Crippen molar-refractivity contribution in [1.82, 2.24) is 9.55 Å². The normalized spacial score (nSPS) is 16.0. The topological polar surface area (TPSA) is 81.5 Å². The summed E-state index contributed by atoms with van der Waals surface area (Å²) in [5, 5.41) is 2.66. The van der Waals surface area contributed by atoms with Gasteiger partial charge >= 0.3 is 5.97 Å². The van der Waals surface area contributed by atoms with E-state index >= 15 is 0 Å². The molecule has 31 heavy (non-hydrogen) atoms. The number of aromatic nitrogens is 2. The Morgan fingerprint density at radius 2 is 1.94 bits per heavy atom. The maximum atomic E-state index is 12.7. The lowest BCUT2D eigenvalue weighted by atomic mass is 10.1. The van der Waals surface area contributed by atoms with Gasteiger partial charge < -0.3 is 9.64 Å². The zero-order valence-corrected chi connectivity index (χ0v) is 18.4. The molecule has 0 N–H and O–H groups in total. The highest BCUT2D eigenvalue weighted by atomic mass is 32.1. The summed E-state index contributed by atoms with van der Waals surface area (Å²) in [4.78, 5) is 43.5. The fourth-order valence-electron chi connectivity index (χ4n) is 3.84. The van der Waals surface area contributed by atoms with Crippen LogP contribution in [0.2, 0.25) is 0 Å². The molecule has 1 aliphatic rings. The molecule has 0 spiro atoms. The number of carbonyl (C=O) groups is 3. The first-order valence-electron chi connectivity index (χ1n) is 10.0. The molecule has 1 aliphatic heterocycles. The minimum Gasteiger partial charge on any atom is -0.457 e. The average Bonchev–Trinajstić information content (AvgIpc) is 3.46. The van der Waals surface area contributed by atoms with Crippen molar-refractivity contribution in [1.29, 1.82) is 0 Å². The second-order valence-corrected chi connectivity index (χ2v) is 8.58. The number of rotatable bonds is 6. The lowest BCUT2D eigenvalue weighted by molar-refractivity contribution is -0.147. The molecule has 2 aromatic heterocycles. The molecular weight excluding hydrogens is 414 g/mol. The average molecular weight is 438 g/mol. The summed E-state index contributed by atoms with van der Waals surface area (Å²) in [6.07, 6.45) is 1.80. The van der Waals surface area contributed by atoms with E-state index in [2.05, 4.69) is 4.98 Å². The van der Waals surface area contributed by atoms with Crippen LogP contribution in [0.25, 0.3) is 5.13 Å². The van der Waals surface area contributed by atoms with Crippen LogP contribution in [0, 0.1) is 26.7 Å². The predicted octanol–water partition coefficient (Wildman–Crippen LogP) is 3.64. The Labute approximate surface area is 184 Å². The third-order valence-corrected chi connectivity index (χ3v) is 6.25. The van der Waals surface area contributed by atoms with Gasteiger partial charge in [-0.15, -0.1) is 11.3 Å². The van der Waals surface area contributed by atoms with Gasteiger partial charge in [0, 0.05) is 47.2 Å². The molecule has 4 rings (SSSR count). The maximum Gasteiger partial charge on any atom is 0.311 e. The molecule has 0 radical (unpaired) electrons. The maximum absolute atomic E-state index is 12.7. The van der Waals surface area contributed by atoms with Crippen molar-refractivity contribution in [3.63, 3.8) is 0 Å². The van der Waals surface area contributed by atoms with Gasteiger partial charge in [-0.1, -0.05) is 17.7 Å².